The fraction of sp³-hybridized carbons (Fsp3) is 0.474. The molecule has 0 spiro atoms. The van der Waals surface area contributed by atoms with Gasteiger partial charge in [-0.05, 0) is 33.0 Å². The average molecular weight is 310 g/mol. The Morgan fingerprint density at radius 2 is 2.00 bits per heavy atom. The van der Waals surface area contributed by atoms with Crippen LogP contribution in [-0.2, 0) is 13.1 Å². The SMILES string of the molecule is CCCCCC1=NCc2cnc(CN(C)C)n2-c2ccccc21. The maximum absolute atomic E-state index is 4.91. The van der Waals surface area contributed by atoms with Crippen molar-refractivity contribution in [3.8, 4) is 5.69 Å². The zero-order valence-electron chi connectivity index (χ0n) is 14.4. The third-order valence-electron chi connectivity index (χ3n) is 4.27. The second kappa shape index (κ2) is 7.09. The zero-order chi connectivity index (χ0) is 16.2. The Kier molecular flexibility index (Phi) is 4.91. The largest absolute Gasteiger partial charge is 0.302 e. The third-order valence-corrected chi connectivity index (χ3v) is 4.27. The van der Waals surface area contributed by atoms with Gasteiger partial charge in [0, 0.05) is 11.3 Å². The van der Waals surface area contributed by atoms with Crippen LogP contribution >= 0.6 is 0 Å². The van der Waals surface area contributed by atoms with E-state index in [0.29, 0.717) is 0 Å². The van der Waals surface area contributed by atoms with Crippen LogP contribution in [0.3, 0.4) is 0 Å². The molecule has 4 heteroatoms. The molecule has 0 radical (unpaired) electrons. The van der Waals surface area contributed by atoms with Crippen molar-refractivity contribution in [3.63, 3.8) is 0 Å². The number of rotatable bonds is 6. The molecule has 122 valence electrons. The first-order chi connectivity index (χ1) is 11.2. The molecule has 0 amide bonds. The number of aromatic nitrogens is 2. The number of benzene rings is 1. The van der Waals surface area contributed by atoms with E-state index in [1.54, 1.807) is 0 Å². The summed E-state index contributed by atoms with van der Waals surface area (Å²) in [7, 11) is 4.16. The molecular formula is C19H26N4. The van der Waals surface area contributed by atoms with Crippen LogP contribution in [0, 0.1) is 0 Å². The molecular weight excluding hydrogens is 284 g/mol. The Morgan fingerprint density at radius 3 is 2.78 bits per heavy atom. The summed E-state index contributed by atoms with van der Waals surface area (Å²) in [4.78, 5) is 11.7. The highest BCUT2D eigenvalue weighted by Gasteiger charge is 2.20. The van der Waals surface area contributed by atoms with Crippen LogP contribution in [0.5, 0.6) is 0 Å². The summed E-state index contributed by atoms with van der Waals surface area (Å²) in [6.07, 6.45) is 6.76. The minimum Gasteiger partial charge on any atom is -0.302 e. The average Bonchev–Trinajstić information content (AvgIpc) is 2.85. The van der Waals surface area contributed by atoms with Gasteiger partial charge in [0.05, 0.1) is 30.7 Å². The van der Waals surface area contributed by atoms with Crippen LogP contribution in [0.2, 0.25) is 0 Å². The van der Waals surface area contributed by atoms with Gasteiger partial charge in [-0.15, -0.1) is 0 Å². The monoisotopic (exact) mass is 310 g/mol. The van der Waals surface area contributed by atoms with Gasteiger partial charge in [0.25, 0.3) is 0 Å². The molecule has 0 aliphatic carbocycles. The maximum atomic E-state index is 4.91. The van der Waals surface area contributed by atoms with E-state index in [1.807, 2.05) is 6.20 Å². The van der Waals surface area contributed by atoms with Gasteiger partial charge in [0.1, 0.15) is 5.82 Å². The summed E-state index contributed by atoms with van der Waals surface area (Å²) < 4.78 is 2.30. The van der Waals surface area contributed by atoms with Crippen LogP contribution in [0.15, 0.2) is 35.5 Å². The number of fused-ring (bicyclic) bond motifs is 3. The van der Waals surface area contributed by atoms with E-state index in [1.165, 1.54) is 41.9 Å². The lowest BCUT2D eigenvalue weighted by Gasteiger charge is -2.16. The lowest BCUT2D eigenvalue weighted by molar-refractivity contribution is 0.387. The topological polar surface area (TPSA) is 33.4 Å². The molecule has 2 heterocycles. The third kappa shape index (κ3) is 3.37. The van der Waals surface area contributed by atoms with Gasteiger partial charge < -0.3 is 4.90 Å². The molecule has 0 fully saturated rings. The van der Waals surface area contributed by atoms with Gasteiger partial charge >= 0.3 is 0 Å². The van der Waals surface area contributed by atoms with Crippen molar-refractivity contribution >= 4 is 5.71 Å². The zero-order valence-corrected chi connectivity index (χ0v) is 14.4. The lowest BCUT2D eigenvalue weighted by Crippen LogP contribution is -2.16. The summed E-state index contributed by atoms with van der Waals surface area (Å²) in [5, 5.41) is 0. The summed E-state index contributed by atoms with van der Waals surface area (Å²) in [6, 6.07) is 8.62. The molecule has 2 aromatic rings. The second-order valence-electron chi connectivity index (χ2n) is 6.48. The molecule has 0 atom stereocenters. The molecule has 0 unspecified atom stereocenters. The Bertz CT molecular complexity index is 697. The lowest BCUT2D eigenvalue weighted by atomic mass is 10.0. The highest BCUT2D eigenvalue weighted by Crippen LogP contribution is 2.26. The van der Waals surface area contributed by atoms with Crippen LogP contribution in [0.25, 0.3) is 5.69 Å². The molecule has 1 aliphatic heterocycles. The van der Waals surface area contributed by atoms with Crippen molar-refractivity contribution in [2.75, 3.05) is 14.1 Å². The van der Waals surface area contributed by atoms with Crippen molar-refractivity contribution < 1.29 is 0 Å². The van der Waals surface area contributed by atoms with E-state index in [9.17, 15) is 0 Å². The van der Waals surface area contributed by atoms with Gasteiger partial charge in [-0.25, -0.2) is 4.98 Å². The van der Waals surface area contributed by atoms with Crippen molar-refractivity contribution in [2.24, 2.45) is 4.99 Å². The first-order valence-electron chi connectivity index (χ1n) is 8.54. The number of aliphatic imine (C=N–C) groups is 1. The molecule has 1 aromatic heterocycles. The van der Waals surface area contributed by atoms with E-state index in [2.05, 4.69) is 59.7 Å². The quantitative estimate of drug-likeness (QED) is 0.760. The van der Waals surface area contributed by atoms with Crippen molar-refractivity contribution in [1.29, 1.82) is 0 Å². The first kappa shape index (κ1) is 15.9. The highest BCUT2D eigenvalue weighted by molar-refractivity contribution is 6.04. The van der Waals surface area contributed by atoms with E-state index in [-0.39, 0.29) is 0 Å². The molecule has 3 rings (SSSR count). The minimum absolute atomic E-state index is 0.719. The number of nitrogens with zero attached hydrogens (tertiary/aromatic N) is 4. The van der Waals surface area contributed by atoms with Gasteiger partial charge in [-0.2, -0.15) is 0 Å². The van der Waals surface area contributed by atoms with Crippen molar-refractivity contribution in [3.05, 3.63) is 47.5 Å². The predicted octanol–water partition coefficient (Wildman–Crippen LogP) is 3.82. The Balaban J connectivity index is 2.01. The molecule has 4 nitrogen and oxygen atoms in total. The van der Waals surface area contributed by atoms with E-state index >= 15 is 0 Å². The molecule has 1 aromatic carbocycles. The molecule has 0 saturated heterocycles. The van der Waals surface area contributed by atoms with Crippen LogP contribution in [0.4, 0.5) is 0 Å². The van der Waals surface area contributed by atoms with Gasteiger partial charge in [0.15, 0.2) is 0 Å². The van der Waals surface area contributed by atoms with Gasteiger partial charge in [0.2, 0.25) is 0 Å². The normalized spacial score (nSPS) is 13.5. The van der Waals surface area contributed by atoms with Crippen LogP contribution < -0.4 is 0 Å². The Morgan fingerprint density at radius 1 is 1.17 bits per heavy atom. The number of unbranched alkanes of at least 4 members (excludes halogenated alkanes) is 2. The standard InChI is InChI=1S/C19H26N4/c1-4-5-6-10-17-16-9-7-8-11-18(16)23-15(12-20-17)13-21-19(23)14-22(2)3/h7-9,11,13H,4-6,10,12,14H2,1-3H3. The molecule has 0 bridgehead atoms. The molecule has 23 heavy (non-hydrogen) atoms. The minimum atomic E-state index is 0.719. The number of hydrogen-bond donors (Lipinski definition) is 0. The van der Waals surface area contributed by atoms with Crippen molar-refractivity contribution in [1.82, 2.24) is 14.5 Å². The summed E-state index contributed by atoms with van der Waals surface area (Å²) >= 11 is 0. The highest BCUT2D eigenvalue weighted by atomic mass is 15.2. The van der Waals surface area contributed by atoms with E-state index < -0.39 is 0 Å². The fourth-order valence-corrected chi connectivity index (χ4v) is 3.16. The smallest absolute Gasteiger partial charge is 0.127 e. The van der Waals surface area contributed by atoms with Crippen LogP contribution in [0.1, 0.15) is 49.7 Å². The van der Waals surface area contributed by atoms with Crippen molar-refractivity contribution in [2.45, 2.75) is 45.7 Å². The first-order valence-corrected chi connectivity index (χ1v) is 8.54. The number of imidazole rings is 1. The fourth-order valence-electron chi connectivity index (χ4n) is 3.16. The van der Waals surface area contributed by atoms with E-state index in [0.717, 1.165) is 25.3 Å². The Labute approximate surface area is 138 Å². The van der Waals surface area contributed by atoms with Crippen LogP contribution in [-0.4, -0.2) is 34.3 Å². The van der Waals surface area contributed by atoms with E-state index in [4.69, 9.17) is 4.99 Å². The summed E-state index contributed by atoms with van der Waals surface area (Å²) in [5.41, 5.74) is 4.92. The van der Waals surface area contributed by atoms with Gasteiger partial charge in [-0.3, -0.25) is 9.56 Å². The molecule has 0 saturated carbocycles. The second-order valence-corrected chi connectivity index (χ2v) is 6.48. The Hall–Kier alpha value is -1.94. The summed E-state index contributed by atoms with van der Waals surface area (Å²) in [5.74, 6) is 1.09. The molecule has 0 N–H and O–H groups in total. The number of para-hydroxylation sites is 1. The van der Waals surface area contributed by atoms with Gasteiger partial charge in [-0.1, -0.05) is 38.0 Å². The predicted molar refractivity (Wildman–Crippen MR) is 95.3 cm³/mol. The number of hydrogen-bond acceptors (Lipinski definition) is 3. The summed E-state index contributed by atoms with van der Waals surface area (Å²) in [6.45, 7) is 3.80. The molecule has 1 aliphatic rings. The maximum Gasteiger partial charge on any atom is 0.127 e.